The summed E-state index contributed by atoms with van der Waals surface area (Å²) in [4.78, 5) is 0. The highest BCUT2D eigenvalue weighted by molar-refractivity contribution is 9.10. The molecule has 0 fully saturated rings. The van der Waals surface area contributed by atoms with Crippen LogP contribution in [0.1, 0.15) is 45.2 Å². The lowest BCUT2D eigenvalue weighted by Gasteiger charge is -2.29. The van der Waals surface area contributed by atoms with Gasteiger partial charge in [0.15, 0.2) is 0 Å². The number of rotatable bonds is 6. The minimum Gasteiger partial charge on any atom is -0.326 e. The lowest BCUT2D eigenvalue weighted by Crippen LogP contribution is -2.39. The molecule has 2 nitrogen and oxygen atoms in total. The van der Waals surface area contributed by atoms with E-state index in [1.54, 1.807) is 0 Å². The summed E-state index contributed by atoms with van der Waals surface area (Å²) in [6.07, 6.45) is 0.987. The second-order valence-corrected chi connectivity index (χ2v) is 7.67. The molecule has 0 aliphatic rings. The molecule has 3 heteroatoms. The molecule has 0 saturated heterocycles. The van der Waals surface area contributed by atoms with Gasteiger partial charge in [0, 0.05) is 22.0 Å². The van der Waals surface area contributed by atoms with Gasteiger partial charge in [-0.15, -0.1) is 0 Å². The van der Waals surface area contributed by atoms with Crippen LogP contribution in [-0.4, -0.2) is 18.6 Å². The molecule has 0 bridgehead atoms. The minimum atomic E-state index is -0.0944. The lowest BCUT2D eigenvalue weighted by atomic mass is 9.82. The molecule has 1 aromatic carbocycles. The van der Waals surface area contributed by atoms with E-state index >= 15 is 0 Å². The molecule has 0 aromatic heterocycles. The standard InChI is InChI=1S/C16H27BrN2/c1-12-6-7-13(17)10-14(12)15(2,3)11-19-9-8-16(4,5)18/h6-7,10,19H,8-9,11,18H2,1-5H3. The van der Waals surface area contributed by atoms with Gasteiger partial charge in [0.25, 0.3) is 0 Å². The average molecular weight is 327 g/mol. The van der Waals surface area contributed by atoms with Gasteiger partial charge in [0.05, 0.1) is 0 Å². The Balaban J connectivity index is 2.63. The Hall–Kier alpha value is -0.380. The van der Waals surface area contributed by atoms with E-state index in [2.05, 4.69) is 74.1 Å². The predicted octanol–water partition coefficient (Wildman–Crippen LogP) is 3.75. The highest BCUT2D eigenvalue weighted by atomic mass is 79.9. The Bertz CT molecular complexity index is 419. The topological polar surface area (TPSA) is 38.0 Å². The van der Waals surface area contributed by atoms with Crippen molar-refractivity contribution in [3.63, 3.8) is 0 Å². The molecular weight excluding hydrogens is 300 g/mol. The lowest BCUT2D eigenvalue weighted by molar-refractivity contribution is 0.417. The van der Waals surface area contributed by atoms with Crippen LogP contribution in [0.2, 0.25) is 0 Å². The maximum Gasteiger partial charge on any atom is 0.0178 e. The fourth-order valence-electron chi connectivity index (χ4n) is 2.23. The van der Waals surface area contributed by atoms with Crippen LogP contribution in [-0.2, 0) is 5.41 Å². The summed E-state index contributed by atoms with van der Waals surface area (Å²) in [6, 6.07) is 6.49. The van der Waals surface area contributed by atoms with Crippen LogP contribution in [0.25, 0.3) is 0 Å². The highest BCUT2D eigenvalue weighted by Gasteiger charge is 2.22. The number of hydrogen-bond acceptors (Lipinski definition) is 2. The number of nitrogens with two attached hydrogens (primary N) is 1. The van der Waals surface area contributed by atoms with Crippen LogP contribution >= 0.6 is 15.9 Å². The molecule has 0 radical (unpaired) electrons. The van der Waals surface area contributed by atoms with Gasteiger partial charge < -0.3 is 11.1 Å². The van der Waals surface area contributed by atoms with E-state index in [-0.39, 0.29) is 11.0 Å². The molecule has 0 unspecified atom stereocenters. The van der Waals surface area contributed by atoms with Gasteiger partial charge in [-0.2, -0.15) is 0 Å². The third-order valence-corrected chi connectivity index (χ3v) is 3.94. The third kappa shape index (κ3) is 5.64. The maximum absolute atomic E-state index is 5.99. The Labute approximate surface area is 126 Å². The average Bonchev–Trinajstić information content (AvgIpc) is 2.26. The van der Waals surface area contributed by atoms with E-state index in [1.807, 2.05) is 0 Å². The number of aryl methyl sites for hydroxylation is 1. The van der Waals surface area contributed by atoms with Gasteiger partial charge in [-0.05, 0) is 57.0 Å². The van der Waals surface area contributed by atoms with Crippen molar-refractivity contribution in [2.45, 2.75) is 52.0 Å². The second-order valence-electron chi connectivity index (χ2n) is 6.76. The van der Waals surface area contributed by atoms with Crippen molar-refractivity contribution in [2.24, 2.45) is 5.73 Å². The van der Waals surface area contributed by atoms with Crippen molar-refractivity contribution in [1.82, 2.24) is 5.32 Å². The van der Waals surface area contributed by atoms with Crippen molar-refractivity contribution in [3.8, 4) is 0 Å². The molecule has 0 heterocycles. The first kappa shape index (κ1) is 16.7. The molecule has 1 aromatic rings. The highest BCUT2D eigenvalue weighted by Crippen LogP contribution is 2.28. The van der Waals surface area contributed by atoms with E-state index in [4.69, 9.17) is 5.73 Å². The third-order valence-electron chi connectivity index (χ3n) is 3.44. The Morgan fingerprint density at radius 2 is 1.84 bits per heavy atom. The van der Waals surface area contributed by atoms with Gasteiger partial charge in [0.1, 0.15) is 0 Å². The zero-order chi connectivity index (χ0) is 14.7. The molecule has 0 amide bonds. The molecule has 0 saturated carbocycles. The van der Waals surface area contributed by atoms with Crippen LogP contribution < -0.4 is 11.1 Å². The molecular formula is C16H27BrN2. The van der Waals surface area contributed by atoms with Gasteiger partial charge in [-0.1, -0.05) is 35.8 Å². The summed E-state index contributed by atoms with van der Waals surface area (Å²) < 4.78 is 1.14. The molecule has 19 heavy (non-hydrogen) atoms. The first-order valence-electron chi connectivity index (χ1n) is 6.88. The Morgan fingerprint density at radius 1 is 1.21 bits per heavy atom. The van der Waals surface area contributed by atoms with Crippen LogP contribution in [0.3, 0.4) is 0 Å². The summed E-state index contributed by atoms with van der Waals surface area (Å²) in [5, 5.41) is 3.53. The normalized spacial score (nSPS) is 12.8. The van der Waals surface area contributed by atoms with Crippen molar-refractivity contribution < 1.29 is 0 Å². The molecule has 0 aliphatic heterocycles. The number of halogens is 1. The van der Waals surface area contributed by atoms with Crippen molar-refractivity contribution in [2.75, 3.05) is 13.1 Å². The zero-order valence-corrected chi connectivity index (χ0v) is 14.4. The molecule has 0 spiro atoms. The fraction of sp³-hybridized carbons (Fsp3) is 0.625. The zero-order valence-electron chi connectivity index (χ0n) is 12.8. The van der Waals surface area contributed by atoms with Crippen molar-refractivity contribution in [3.05, 3.63) is 33.8 Å². The maximum atomic E-state index is 5.99. The first-order chi connectivity index (χ1) is 8.62. The molecule has 0 atom stereocenters. The number of nitrogens with one attached hydrogen (secondary N) is 1. The Kier molecular flexibility index (Phi) is 5.60. The van der Waals surface area contributed by atoms with Gasteiger partial charge in [-0.25, -0.2) is 0 Å². The predicted molar refractivity (Wildman–Crippen MR) is 87.7 cm³/mol. The smallest absolute Gasteiger partial charge is 0.0178 e. The van der Waals surface area contributed by atoms with E-state index in [9.17, 15) is 0 Å². The van der Waals surface area contributed by atoms with Gasteiger partial charge in [0.2, 0.25) is 0 Å². The Morgan fingerprint density at radius 3 is 2.42 bits per heavy atom. The van der Waals surface area contributed by atoms with E-state index in [0.29, 0.717) is 0 Å². The van der Waals surface area contributed by atoms with Gasteiger partial charge in [-0.3, -0.25) is 0 Å². The van der Waals surface area contributed by atoms with E-state index in [1.165, 1.54) is 11.1 Å². The monoisotopic (exact) mass is 326 g/mol. The molecule has 1 rings (SSSR count). The molecule has 0 aliphatic carbocycles. The van der Waals surface area contributed by atoms with Crippen molar-refractivity contribution in [1.29, 1.82) is 0 Å². The van der Waals surface area contributed by atoms with Crippen molar-refractivity contribution >= 4 is 15.9 Å². The summed E-state index contributed by atoms with van der Waals surface area (Å²) in [6.45, 7) is 12.8. The number of hydrogen-bond donors (Lipinski definition) is 2. The SMILES string of the molecule is Cc1ccc(Br)cc1C(C)(C)CNCCC(C)(C)N. The van der Waals surface area contributed by atoms with E-state index < -0.39 is 0 Å². The quantitative estimate of drug-likeness (QED) is 0.781. The van der Waals surface area contributed by atoms with Crippen LogP contribution in [0.4, 0.5) is 0 Å². The van der Waals surface area contributed by atoms with Crippen LogP contribution in [0, 0.1) is 6.92 Å². The summed E-state index contributed by atoms with van der Waals surface area (Å²) in [7, 11) is 0. The second kappa shape index (κ2) is 6.38. The summed E-state index contributed by atoms with van der Waals surface area (Å²) in [5.74, 6) is 0. The summed E-state index contributed by atoms with van der Waals surface area (Å²) in [5.41, 5.74) is 8.75. The van der Waals surface area contributed by atoms with Gasteiger partial charge >= 0.3 is 0 Å². The minimum absolute atomic E-state index is 0.0944. The largest absolute Gasteiger partial charge is 0.326 e. The van der Waals surface area contributed by atoms with E-state index in [0.717, 1.165) is 24.0 Å². The summed E-state index contributed by atoms with van der Waals surface area (Å²) >= 11 is 3.56. The fourth-order valence-corrected chi connectivity index (χ4v) is 2.59. The van der Waals surface area contributed by atoms with Crippen LogP contribution in [0.15, 0.2) is 22.7 Å². The molecule has 3 N–H and O–H groups in total. The first-order valence-corrected chi connectivity index (χ1v) is 7.67. The number of benzene rings is 1. The van der Waals surface area contributed by atoms with Crippen LogP contribution in [0.5, 0.6) is 0 Å². The molecule has 108 valence electrons.